The van der Waals surface area contributed by atoms with E-state index in [0.717, 1.165) is 43.0 Å². The van der Waals surface area contributed by atoms with Crippen molar-refractivity contribution in [1.82, 2.24) is 15.2 Å². The molecule has 1 aromatic carbocycles. The second kappa shape index (κ2) is 13.3. The van der Waals surface area contributed by atoms with E-state index in [1.165, 1.54) is 11.3 Å². The third kappa shape index (κ3) is 6.98. The molecule has 3 aliphatic rings. The van der Waals surface area contributed by atoms with Crippen LogP contribution in [-0.4, -0.2) is 99.7 Å². The second-order valence-electron chi connectivity index (χ2n) is 10.7. The Labute approximate surface area is 238 Å². The normalized spacial score (nSPS) is 24.0. The molecule has 0 bridgehead atoms. The van der Waals surface area contributed by atoms with Crippen LogP contribution in [-0.2, 0) is 20.8 Å². The Morgan fingerprint density at radius 1 is 1.18 bits per heavy atom. The van der Waals surface area contributed by atoms with E-state index >= 15 is 0 Å². The number of carbonyl (C=O) groups excluding carboxylic acids is 2. The van der Waals surface area contributed by atoms with Crippen LogP contribution in [0.2, 0.25) is 0 Å². The van der Waals surface area contributed by atoms with Crippen molar-refractivity contribution in [2.45, 2.75) is 56.6 Å². The fourth-order valence-corrected chi connectivity index (χ4v) is 6.45. The SMILES string of the molecule is COC[C@H]1C[C@H](F)CN1Cc1ccc(NC(=O)c2csc(N3CC[C@H](OC)C3)n2)c(C(=O)NC2CCOCC2)c1. The highest BCUT2D eigenvalue weighted by atomic mass is 32.1. The van der Waals surface area contributed by atoms with E-state index in [-0.39, 0.29) is 30.0 Å². The van der Waals surface area contributed by atoms with Crippen LogP contribution in [0.25, 0.3) is 0 Å². The van der Waals surface area contributed by atoms with Gasteiger partial charge in [0.15, 0.2) is 5.13 Å². The van der Waals surface area contributed by atoms with Crippen molar-refractivity contribution in [3.05, 3.63) is 40.4 Å². The quantitative estimate of drug-likeness (QED) is 0.446. The van der Waals surface area contributed by atoms with Crippen molar-refractivity contribution in [3.8, 4) is 0 Å². The summed E-state index contributed by atoms with van der Waals surface area (Å²) < 4.78 is 30.4. The summed E-state index contributed by atoms with van der Waals surface area (Å²) in [6.45, 7) is 4.03. The Hall–Kier alpha value is -2.64. The third-order valence-corrected chi connectivity index (χ3v) is 8.73. The lowest BCUT2D eigenvalue weighted by Gasteiger charge is -2.25. The highest BCUT2D eigenvalue weighted by Gasteiger charge is 2.32. The molecule has 3 saturated heterocycles. The number of ether oxygens (including phenoxy) is 3. The number of benzene rings is 1. The molecule has 1 aromatic heterocycles. The summed E-state index contributed by atoms with van der Waals surface area (Å²) in [7, 11) is 3.32. The van der Waals surface area contributed by atoms with Gasteiger partial charge in [0.1, 0.15) is 11.9 Å². The van der Waals surface area contributed by atoms with Crippen LogP contribution in [0.3, 0.4) is 0 Å². The van der Waals surface area contributed by atoms with Gasteiger partial charge in [0.25, 0.3) is 11.8 Å². The monoisotopic (exact) mass is 575 g/mol. The predicted octanol–water partition coefficient (Wildman–Crippen LogP) is 3.09. The van der Waals surface area contributed by atoms with Gasteiger partial charge in [-0.05, 0) is 43.4 Å². The number of carbonyl (C=O) groups is 2. The lowest BCUT2D eigenvalue weighted by Crippen LogP contribution is -2.39. The number of likely N-dealkylation sites (tertiary alicyclic amines) is 1. The molecule has 0 aliphatic carbocycles. The van der Waals surface area contributed by atoms with Gasteiger partial charge in [0, 0.05) is 71.1 Å². The second-order valence-corrected chi connectivity index (χ2v) is 11.5. The number of alkyl halides is 1. The highest BCUT2D eigenvalue weighted by Crippen LogP contribution is 2.28. The van der Waals surface area contributed by atoms with E-state index in [0.29, 0.717) is 56.3 Å². The van der Waals surface area contributed by atoms with Gasteiger partial charge in [-0.2, -0.15) is 0 Å². The zero-order chi connectivity index (χ0) is 28.1. The van der Waals surface area contributed by atoms with E-state index in [4.69, 9.17) is 14.2 Å². The number of methoxy groups -OCH3 is 2. The van der Waals surface area contributed by atoms with Crippen molar-refractivity contribution in [3.63, 3.8) is 0 Å². The molecule has 3 fully saturated rings. The number of nitrogens with zero attached hydrogens (tertiary/aromatic N) is 3. The van der Waals surface area contributed by atoms with E-state index in [9.17, 15) is 14.0 Å². The van der Waals surface area contributed by atoms with Gasteiger partial charge in [-0.15, -0.1) is 11.3 Å². The molecule has 4 heterocycles. The number of thiazole rings is 1. The smallest absolute Gasteiger partial charge is 0.275 e. The largest absolute Gasteiger partial charge is 0.383 e. The Kier molecular flexibility index (Phi) is 9.63. The van der Waals surface area contributed by atoms with Gasteiger partial charge in [0.05, 0.1) is 24.0 Å². The zero-order valence-corrected chi connectivity index (χ0v) is 23.9. The van der Waals surface area contributed by atoms with Gasteiger partial charge >= 0.3 is 0 Å². The van der Waals surface area contributed by atoms with Crippen LogP contribution in [0.1, 0.15) is 52.1 Å². The first-order chi connectivity index (χ1) is 19.4. The summed E-state index contributed by atoms with van der Waals surface area (Å²) in [5.74, 6) is -0.637. The van der Waals surface area contributed by atoms with Crippen LogP contribution < -0.4 is 15.5 Å². The van der Waals surface area contributed by atoms with Crippen LogP contribution in [0, 0.1) is 0 Å². The summed E-state index contributed by atoms with van der Waals surface area (Å²) >= 11 is 1.42. The maximum Gasteiger partial charge on any atom is 0.275 e. The summed E-state index contributed by atoms with van der Waals surface area (Å²) in [6.07, 6.45) is 2.08. The molecule has 2 amide bonds. The average Bonchev–Trinajstić information content (AvgIpc) is 3.70. The van der Waals surface area contributed by atoms with Crippen molar-refractivity contribution in [2.24, 2.45) is 0 Å². The van der Waals surface area contributed by atoms with E-state index < -0.39 is 6.17 Å². The van der Waals surface area contributed by atoms with Crippen LogP contribution in [0.5, 0.6) is 0 Å². The van der Waals surface area contributed by atoms with Crippen LogP contribution in [0.4, 0.5) is 15.2 Å². The molecule has 0 saturated carbocycles. The first-order valence-corrected chi connectivity index (χ1v) is 14.7. The maximum atomic E-state index is 14.2. The molecule has 0 unspecified atom stereocenters. The van der Waals surface area contributed by atoms with E-state index in [1.54, 1.807) is 31.7 Å². The molecule has 12 heteroatoms. The third-order valence-electron chi connectivity index (χ3n) is 7.83. The Morgan fingerprint density at radius 3 is 2.75 bits per heavy atom. The minimum absolute atomic E-state index is 0.00269. The van der Waals surface area contributed by atoms with E-state index in [1.807, 2.05) is 11.0 Å². The zero-order valence-electron chi connectivity index (χ0n) is 23.1. The molecule has 5 rings (SSSR count). The number of halogens is 1. The molecule has 0 spiro atoms. The predicted molar refractivity (Wildman–Crippen MR) is 151 cm³/mol. The number of aromatic nitrogens is 1. The lowest BCUT2D eigenvalue weighted by molar-refractivity contribution is 0.0696. The molecule has 3 atom stereocenters. The lowest BCUT2D eigenvalue weighted by atomic mass is 10.0. The van der Waals surface area contributed by atoms with Gasteiger partial charge < -0.3 is 29.7 Å². The topological polar surface area (TPSA) is 105 Å². The Bertz CT molecular complexity index is 1180. The fourth-order valence-electron chi connectivity index (χ4n) is 5.60. The molecule has 2 aromatic rings. The molecule has 40 heavy (non-hydrogen) atoms. The molecule has 2 N–H and O–H groups in total. The van der Waals surface area contributed by atoms with Crippen LogP contribution in [0.15, 0.2) is 23.6 Å². The standard InChI is InChI=1S/C28H38FN5O5S/c1-37-16-21-12-19(29)14-34(21)13-18-3-4-24(23(11-18)26(35)30-20-6-9-39-10-7-20)31-27(36)25-17-40-28(32-25)33-8-5-22(15-33)38-2/h3-4,11,17,19-22H,5-10,12-16H2,1-2H3,(H,30,35)(H,31,36)/t19-,21+,22-/m0/s1. The van der Waals surface area contributed by atoms with Gasteiger partial charge in [-0.3, -0.25) is 14.5 Å². The van der Waals surface area contributed by atoms with Crippen molar-refractivity contribution >= 4 is 34.0 Å². The fraction of sp³-hybridized carbons (Fsp3) is 0.607. The number of hydrogen-bond acceptors (Lipinski definition) is 9. The molecule has 218 valence electrons. The highest BCUT2D eigenvalue weighted by molar-refractivity contribution is 7.14. The average molecular weight is 576 g/mol. The number of amides is 2. The Morgan fingerprint density at radius 2 is 2.00 bits per heavy atom. The minimum atomic E-state index is -0.904. The molecular weight excluding hydrogens is 537 g/mol. The first-order valence-electron chi connectivity index (χ1n) is 13.9. The van der Waals surface area contributed by atoms with Gasteiger partial charge in [0.2, 0.25) is 0 Å². The molecular formula is C28H38FN5O5S. The minimum Gasteiger partial charge on any atom is -0.383 e. The number of anilines is 2. The molecule has 10 nitrogen and oxygen atoms in total. The van der Waals surface area contributed by atoms with Gasteiger partial charge in [-0.1, -0.05) is 6.07 Å². The number of hydrogen-bond donors (Lipinski definition) is 2. The van der Waals surface area contributed by atoms with E-state index in [2.05, 4.69) is 20.5 Å². The van der Waals surface area contributed by atoms with Crippen molar-refractivity contribution in [1.29, 1.82) is 0 Å². The Balaban J connectivity index is 1.33. The van der Waals surface area contributed by atoms with Gasteiger partial charge in [-0.25, -0.2) is 9.37 Å². The van der Waals surface area contributed by atoms with Crippen molar-refractivity contribution in [2.75, 3.05) is 63.9 Å². The summed E-state index contributed by atoms with van der Waals surface area (Å²) in [6, 6.07) is 5.40. The summed E-state index contributed by atoms with van der Waals surface area (Å²) in [5, 5.41) is 8.52. The first kappa shape index (κ1) is 28.9. The summed E-state index contributed by atoms with van der Waals surface area (Å²) in [5.41, 5.74) is 1.94. The molecule has 0 radical (unpaired) electrons. The summed E-state index contributed by atoms with van der Waals surface area (Å²) in [4.78, 5) is 35.4. The maximum absolute atomic E-state index is 14.2. The number of nitrogens with one attached hydrogen (secondary N) is 2. The number of rotatable bonds is 10. The van der Waals surface area contributed by atoms with Crippen molar-refractivity contribution < 1.29 is 28.2 Å². The van der Waals surface area contributed by atoms with Crippen LogP contribution >= 0.6 is 11.3 Å². The molecule has 3 aliphatic heterocycles.